The fraction of sp³-hybridized carbons (Fsp3) is 0.278. The molecule has 120 valence electrons. The molecule has 0 aromatic heterocycles. The van der Waals surface area contributed by atoms with Crippen molar-refractivity contribution in [1.82, 2.24) is 5.32 Å². The van der Waals surface area contributed by atoms with Crippen LogP contribution in [0.5, 0.6) is 17.2 Å². The molecule has 2 aromatic carbocycles. The maximum Gasteiger partial charge on any atom is 0.231 e. The van der Waals surface area contributed by atoms with Crippen LogP contribution in [0.25, 0.3) is 0 Å². The van der Waals surface area contributed by atoms with Crippen molar-refractivity contribution >= 4 is 5.91 Å². The third kappa shape index (κ3) is 3.94. The lowest BCUT2D eigenvalue weighted by molar-refractivity contribution is -0.120. The Morgan fingerprint density at radius 2 is 2.00 bits per heavy atom. The van der Waals surface area contributed by atoms with Gasteiger partial charge in [0.25, 0.3) is 0 Å². The number of rotatable bonds is 6. The lowest BCUT2D eigenvalue weighted by Gasteiger charge is -2.07. The number of fused-ring (bicyclic) bond motifs is 1. The fourth-order valence-corrected chi connectivity index (χ4v) is 2.47. The third-order valence-electron chi connectivity index (χ3n) is 3.67. The molecule has 0 aliphatic carbocycles. The van der Waals surface area contributed by atoms with E-state index < -0.39 is 0 Å². The van der Waals surface area contributed by atoms with Gasteiger partial charge in [-0.15, -0.1) is 0 Å². The van der Waals surface area contributed by atoms with Crippen LogP contribution in [0, 0.1) is 0 Å². The van der Waals surface area contributed by atoms with E-state index in [9.17, 15) is 4.79 Å². The van der Waals surface area contributed by atoms with Gasteiger partial charge in [-0.25, -0.2) is 0 Å². The number of carbonyl (C=O) groups excluding carboxylic acids is 1. The molecular formula is C18H19NO4. The van der Waals surface area contributed by atoms with Crippen molar-refractivity contribution in [3.05, 3.63) is 53.6 Å². The molecule has 0 radical (unpaired) electrons. The SMILES string of the molecule is COc1cccc(CCNC(=O)Cc2ccc3c(c2)OCO3)c1. The fourth-order valence-electron chi connectivity index (χ4n) is 2.47. The van der Waals surface area contributed by atoms with Crippen LogP contribution in [0.3, 0.4) is 0 Å². The number of hydrogen-bond acceptors (Lipinski definition) is 4. The number of ether oxygens (including phenoxy) is 3. The van der Waals surface area contributed by atoms with Gasteiger partial charge in [-0.1, -0.05) is 18.2 Å². The maximum absolute atomic E-state index is 12.0. The molecular weight excluding hydrogens is 294 g/mol. The normalized spacial score (nSPS) is 12.0. The minimum Gasteiger partial charge on any atom is -0.497 e. The molecule has 1 N–H and O–H groups in total. The first kappa shape index (κ1) is 15.2. The second kappa shape index (κ2) is 7.05. The molecule has 2 aromatic rings. The highest BCUT2D eigenvalue weighted by atomic mass is 16.7. The summed E-state index contributed by atoms with van der Waals surface area (Å²) in [5, 5.41) is 2.93. The van der Waals surface area contributed by atoms with Crippen molar-refractivity contribution in [3.8, 4) is 17.2 Å². The zero-order chi connectivity index (χ0) is 16.1. The van der Waals surface area contributed by atoms with E-state index in [1.807, 2.05) is 42.5 Å². The van der Waals surface area contributed by atoms with Gasteiger partial charge in [0.1, 0.15) is 5.75 Å². The number of benzene rings is 2. The van der Waals surface area contributed by atoms with Crippen molar-refractivity contribution in [2.24, 2.45) is 0 Å². The summed E-state index contributed by atoms with van der Waals surface area (Å²) >= 11 is 0. The average molecular weight is 313 g/mol. The molecule has 0 spiro atoms. The molecule has 1 heterocycles. The second-order valence-electron chi connectivity index (χ2n) is 5.32. The van der Waals surface area contributed by atoms with Crippen LogP contribution in [0.4, 0.5) is 0 Å². The van der Waals surface area contributed by atoms with E-state index in [-0.39, 0.29) is 12.7 Å². The van der Waals surface area contributed by atoms with Crippen LogP contribution in [-0.4, -0.2) is 26.4 Å². The smallest absolute Gasteiger partial charge is 0.231 e. The Morgan fingerprint density at radius 1 is 1.13 bits per heavy atom. The van der Waals surface area contributed by atoms with Gasteiger partial charge in [-0.2, -0.15) is 0 Å². The van der Waals surface area contributed by atoms with E-state index in [1.165, 1.54) is 0 Å². The van der Waals surface area contributed by atoms with Gasteiger partial charge in [0.15, 0.2) is 11.5 Å². The average Bonchev–Trinajstić information content (AvgIpc) is 3.02. The van der Waals surface area contributed by atoms with Crippen molar-refractivity contribution in [1.29, 1.82) is 0 Å². The Morgan fingerprint density at radius 3 is 2.87 bits per heavy atom. The van der Waals surface area contributed by atoms with Crippen molar-refractivity contribution < 1.29 is 19.0 Å². The summed E-state index contributed by atoms with van der Waals surface area (Å²) in [6, 6.07) is 13.4. The summed E-state index contributed by atoms with van der Waals surface area (Å²) in [6.07, 6.45) is 1.10. The summed E-state index contributed by atoms with van der Waals surface area (Å²) in [6.45, 7) is 0.835. The van der Waals surface area contributed by atoms with Gasteiger partial charge >= 0.3 is 0 Å². The Labute approximate surface area is 135 Å². The summed E-state index contributed by atoms with van der Waals surface area (Å²) in [7, 11) is 1.65. The van der Waals surface area contributed by atoms with Gasteiger partial charge in [0.05, 0.1) is 13.5 Å². The number of carbonyl (C=O) groups is 1. The first-order valence-electron chi connectivity index (χ1n) is 7.53. The summed E-state index contributed by atoms with van der Waals surface area (Å²) in [4.78, 5) is 12.0. The zero-order valence-electron chi connectivity index (χ0n) is 13.0. The number of hydrogen-bond donors (Lipinski definition) is 1. The van der Waals surface area contributed by atoms with Gasteiger partial charge in [-0.05, 0) is 41.8 Å². The molecule has 1 amide bonds. The van der Waals surface area contributed by atoms with E-state index in [4.69, 9.17) is 14.2 Å². The first-order valence-corrected chi connectivity index (χ1v) is 7.53. The van der Waals surface area contributed by atoms with Crippen LogP contribution in [0.1, 0.15) is 11.1 Å². The van der Waals surface area contributed by atoms with Crippen LogP contribution >= 0.6 is 0 Å². The molecule has 1 aliphatic rings. The predicted octanol–water partition coefficient (Wildman–Crippen LogP) is 2.33. The highest BCUT2D eigenvalue weighted by Crippen LogP contribution is 2.32. The first-order chi connectivity index (χ1) is 11.2. The Balaban J connectivity index is 1.48. The zero-order valence-corrected chi connectivity index (χ0v) is 13.0. The lowest BCUT2D eigenvalue weighted by Crippen LogP contribution is -2.27. The second-order valence-corrected chi connectivity index (χ2v) is 5.32. The van der Waals surface area contributed by atoms with E-state index in [0.717, 1.165) is 29.0 Å². The summed E-state index contributed by atoms with van der Waals surface area (Å²) in [5.74, 6) is 2.25. The molecule has 0 saturated heterocycles. The standard InChI is InChI=1S/C18H19NO4/c1-21-15-4-2-3-13(9-15)7-8-19-18(20)11-14-5-6-16-17(10-14)23-12-22-16/h2-6,9-10H,7-8,11-12H2,1H3,(H,19,20). The van der Waals surface area contributed by atoms with Crippen LogP contribution in [-0.2, 0) is 17.6 Å². The number of nitrogens with one attached hydrogen (secondary N) is 1. The Hall–Kier alpha value is -2.69. The molecule has 23 heavy (non-hydrogen) atoms. The monoisotopic (exact) mass is 313 g/mol. The van der Waals surface area contributed by atoms with Crippen molar-refractivity contribution in [2.75, 3.05) is 20.4 Å². The lowest BCUT2D eigenvalue weighted by atomic mass is 10.1. The van der Waals surface area contributed by atoms with Gasteiger partial charge in [0, 0.05) is 6.54 Å². The van der Waals surface area contributed by atoms with Crippen LogP contribution in [0.2, 0.25) is 0 Å². The maximum atomic E-state index is 12.0. The number of methoxy groups -OCH3 is 1. The predicted molar refractivity (Wildman–Crippen MR) is 86.0 cm³/mol. The van der Waals surface area contributed by atoms with Gasteiger partial charge in [-0.3, -0.25) is 4.79 Å². The van der Waals surface area contributed by atoms with Gasteiger partial charge in [0.2, 0.25) is 12.7 Å². The molecule has 5 nitrogen and oxygen atoms in total. The molecule has 3 rings (SSSR count). The Kier molecular flexibility index (Phi) is 4.66. The quantitative estimate of drug-likeness (QED) is 0.889. The van der Waals surface area contributed by atoms with E-state index >= 15 is 0 Å². The topological polar surface area (TPSA) is 56.8 Å². The van der Waals surface area contributed by atoms with Crippen molar-refractivity contribution in [3.63, 3.8) is 0 Å². The minimum absolute atomic E-state index is 0.00763. The number of amides is 1. The van der Waals surface area contributed by atoms with E-state index in [0.29, 0.717) is 18.7 Å². The molecule has 0 saturated carbocycles. The highest BCUT2D eigenvalue weighted by molar-refractivity contribution is 5.78. The molecule has 1 aliphatic heterocycles. The molecule has 0 fully saturated rings. The molecule has 0 unspecified atom stereocenters. The van der Waals surface area contributed by atoms with Crippen molar-refractivity contribution in [2.45, 2.75) is 12.8 Å². The third-order valence-corrected chi connectivity index (χ3v) is 3.67. The summed E-state index contributed by atoms with van der Waals surface area (Å²) < 4.78 is 15.8. The van der Waals surface area contributed by atoms with Gasteiger partial charge < -0.3 is 19.5 Å². The van der Waals surface area contributed by atoms with Crippen LogP contribution in [0.15, 0.2) is 42.5 Å². The highest BCUT2D eigenvalue weighted by Gasteiger charge is 2.14. The molecule has 5 heteroatoms. The van der Waals surface area contributed by atoms with Crippen LogP contribution < -0.4 is 19.5 Å². The Bertz CT molecular complexity index is 699. The van der Waals surface area contributed by atoms with E-state index in [2.05, 4.69) is 5.32 Å². The molecule has 0 bridgehead atoms. The largest absolute Gasteiger partial charge is 0.497 e. The van der Waals surface area contributed by atoms with E-state index in [1.54, 1.807) is 7.11 Å². The molecule has 0 atom stereocenters. The summed E-state index contributed by atoms with van der Waals surface area (Å²) in [5.41, 5.74) is 2.04. The minimum atomic E-state index is -0.00763.